The van der Waals surface area contributed by atoms with Gasteiger partial charge in [-0.05, 0) is 63.1 Å². The van der Waals surface area contributed by atoms with Crippen molar-refractivity contribution >= 4 is 35.9 Å². The molecule has 0 aromatic heterocycles. The molecule has 6 atom stereocenters. The summed E-state index contributed by atoms with van der Waals surface area (Å²) in [5, 5.41) is 8.03. The first kappa shape index (κ1) is 30.9. The topological polar surface area (TPSA) is 198 Å². The Morgan fingerprint density at radius 1 is 1.23 bits per heavy atom. The molecule has 3 rings (SSSR count). The molecule has 7 N–H and O–H groups in total. The fraction of sp³-hybridized carbons (Fsp3) is 0.704. The van der Waals surface area contributed by atoms with Crippen LogP contribution in [0.1, 0.15) is 53.9 Å². The molecule has 5 amide bonds. The smallest absolute Gasteiger partial charge is 0.408 e. The lowest BCUT2D eigenvalue weighted by atomic mass is 9.96. The summed E-state index contributed by atoms with van der Waals surface area (Å²) in [5.41, 5.74) is 10.1. The third-order valence-corrected chi connectivity index (χ3v) is 7.97. The number of amides is 5. The molecule has 0 aromatic carbocycles. The maximum atomic E-state index is 13.8. The van der Waals surface area contributed by atoms with E-state index >= 15 is 0 Å². The molecule has 222 valence electrons. The van der Waals surface area contributed by atoms with Crippen LogP contribution in [0.5, 0.6) is 0 Å². The van der Waals surface area contributed by atoms with Crippen molar-refractivity contribution in [1.29, 1.82) is 0 Å². The van der Waals surface area contributed by atoms with E-state index in [1.54, 1.807) is 25.7 Å². The maximum absolute atomic E-state index is 13.8. The minimum absolute atomic E-state index is 0.0463. The van der Waals surface area contributed by atoms with Crippen LogP contribution in [0, 0.1) is 23.2 Å². The lowest BCUT2D eigenvalue weighted by Gasteiger charge is -2.33. The van der Waals surface area contributed by atoms with E-state index in [1.807, 2.05) is 0 Å². The molecule has 13 nitrogen and oxygen atoms in total. The number of likely N-dealkylation sites (tertiary alicyclic amines) is 1. The standard InChI is InChI=1S/C27H43N7O6/c1-26(2,3)40-25(39)33-18(13-30-9-6-8-28)24(38)34-14-16-21(27(16,4)5)19(34)12-20(35)32-17(22(29)36)11-15-7-10-31-23(15)37/h6,8-9,15-19,21H,7,10-14,28H2,1-5H3,(H2,29,36)(H,31,37)(H,32,35)(H,33,39)/t15-,16-,17-,18-,19+,21-/m0/s1. The van der Waals surface area contributed by atoms with Crippen LogP contribution in [0.25, 0.3) is 0 Å². The number of aliphatic imine (C=N–C) groups is 1. The summed E-state index contributed by atoms with van der Waals surface area (Å²) in [5.74, 6) is -1.84. The zero-order valence-electron chi connectivity index (χ0n) is 23.9. The molecule has 0 radical (unpaired) electrons. The van der Waals surface area contributed by atoms with Gasteiger partial charge in [-0.15, -0.1) is 0 Å². The minimum Gasteiger partial charge on any atom is -0.444 e. The average Bonchev–Trinajstić information content (AvgIpc) is 3.14. The highest BCUT2D eigenvalue weighted by Crippen LogP contribution is 2.65. The highest BCUT2D eigenvalue weighted by atomic mass is 16.6. The van der Waals surface area contributed by atoms with E-state index in [0.717, 1.165) is 0 Å². The Morgan fingerprint density at radius 3 is 2.50 bits per heavy atom. The largest absolute Gasteiger partial charge is 0.444 e. The molecule has 0 spiro atoms. The number of nitrogens with zero attached hydrogens (tertiary/aromatic N) is 2. The highest BCUT2D eigenvalue weighted by molar-refractivity contribution is 5.90. The number of fused-ring (bicyclic) bond motifs is 1. The summed E-state index contributed by atoms with van der Waals surface area (Å²) >= 11 is 0. The van der Waals surface area contributed by atoms with E-state index in [9.17, 15) is 24.0 Å². The Kier molecular flexibility index (Phi) is 9.47. The van der Waals surface area contributed by atoms with Crippen molar-refractivity contribution in [3.8, 4) is 0 Å². The van der Waals surface area contributed by atoms with Crippen molar-refractivity contribution in [1.82, 2.24) is 20.9 Å². The van der Waals surface area contributed by atoms with Crippen molar-refractivity contribution in [3.63, 3.8) is 0 Å². The van der Waals surface area contributed by atoms with Gasteiger partial charge in [0.05, 0.1) is 6.54 Å². The predicted octanol–water partition coefficient (Wildman–Crippen LogP) is -0.208. The number of carbonyl (C=O) groups excluding carboxylic acids is 5. The van der Waals surface area contributed by atoms with Crippen LogP contribution in [-0.2, 0) is 23.9 Å². The maximum Gasteiger partial charge on any atom is 0.408 e. The number of carbonyl (C=O) groups is 5. The molecule has 1 saturated carbocycles. The van der Waals surface area contributed by atoms with E-state index in [2.05, 4.69) is 34.8 Å². The fourth-order valence-corrected chi connectivity index (χ4v) is 5.89. The van der Waals surface area contributed by atoms with Crippen LogP contribution in [0.15, 0.2) is 17.3 Å². The van der Waals surface area contributed by atoms with E-state index < -0.39 is 47.6 Å². The van der Waals surface area contributed by atoms with Gasteiger partial charge in [-0.2, -0.15) is 0 Å². The van der Waals surface area contributed by atoms with Gasteiger partial charge in [-0.25, -0.2) is 4.79 Å². The molecular weight excluding hydrogens is 518 g/mol. The number of ether oxygens (including phenoxy) is 1. The Morgan fingerprint density at radius 2 is 1.93 bits per heavy atom. The predicted molar refractivity (Wildman–Crippen MR) is 148 cm³/mol. The zero-order valence-corrected chi connectivity index (χ0v) is 23.9. The number of hydrogen-bond acceptors (Lipinski definition) is 8. The molecular formula is C27H43N7O6. The van der Waals surface area contributed by atoms with Crippen LogP contribution in [0.2, 0.25) is 0 Å². The van der Waals surface area contributed by atoms with Crippen LogP contribution >= 0.6 is 0 Å². The first-order chi connectivity index (χ1) is 18.7. The van der Waals surface area contributed by atoms with E-state index in [1.165, 1.54) is 18.5 Å². The molecule has 1 aliphatic carbocycles. The third-order valence-electron chi connectivity index (χ3n) is 7.97. The number of hydrogen-bond donors (Lipinski definition) is 5. The molecule has 2 saturated heterocycles. The van der Waals surface area contributed by atoms with Crippen molar-refractivity contribution in [2.24, 2.45) is 39.6 Å². The van der Waals surface area contributed by atoms with Crippen LogP contribution in [0.4, 0.5) is 4.79 Å². The normalized spacial score (nSPS) is 26.7. The average molecular weight is 562 g/mol. The molecule has 0 bridgehead atoms. The number of allylic oxidation sites excluding steroid dienone is 1. The van der Waals surface area contributed by atoms with E-state index in [0.29, 0.717) is 19.5 Å². The van der Waals surface area contributed by atoms with Gasteiger partial charge in [0.1, 0.15) is 17.7 Å². The highest BCUT2D eigenvalue weighted by Gasteiger charge is 2.67. The Labute approximate surface area is 234 Å². The van der Waals surface area contributed by atoms with E-state index in [-0.39, 0.29) is 48.5 Å². The fourth-order valence-electron chi connectivity index (χ4n) is 5.89. The number of piperidine rings is 1. The zero-order chi connectivity index (χ0) is 29.8. The van der Waals surface area contributed by atoms with Gasteiger partial charge >= 0.3 is 6.09 Å². The molecule has 0 aromatic rings. The van der Waals surface area contributed by atoms with Crippen LogP contribution in [-0.4, -0.2) is 84.2 Å². The minimum atomic E-state index is -1.03. The van der Waals surface area contributed by atoms with Gasteiger partial charge < -0.3 is 37.1 Å². The van der Waals surface area contributed by atoms with Crippen molar-refractivity contribution < 1.29 is 28.7 Å². The second kappa shape index (κ2) is 12.3. The molecule has 13 heteroatoms. The molecule has 0 unspecified atom stereocenters. The third kappa shape index (κ3) is 7.51. The summed E-state index contributed by atoms with van der Waals surface area (Å²) in [7, 11) is 0. The Hall–Kier alpha value is -3.64. The molecule has 3 aliphatic rings. The summed E-state index contributed by atoms with van der Waals surface area (Å²) in [6.07, 6.45) is 4.11. The second-order valence-corrected chi connectivity index (χ2v) is 12.3. The quantitative estimate of drug-likeness (QED) is 0.215. The summed E-state index contributed by atoms with van der Waals surface area (Å²) in [6.45, 7) is 10.2. The molecule has 2 heterocycles. The van der Waals surface area contributed by atoms with Crippen LogP contribution < -0.4 is 27.4 Å². The monoisotopic (exact) mass is 561 g/mol. The SMILES string of the molecule is CC(C)(C)OC(=O)N[C@@H](CN=CC=CN)C(=O)N1C[C@H]2[C@@H]([C@H]1CC(=O)N[C@@H](C[C@@H]1CCNC1=O)C(N)=O)C2(C)C. The van der Waals surface area contributed by atoms with Crippen molar-refractivity contribution in [2.45, 2.75) is 77.6 Å². The summed E-state index contributed by atoms with van der Waals surface area (Å²) < 4.78 is 5.35. The van der Waals surface area contributed by atoms with Gasteiger partial charge in [0.15, 0.2) is 0 Å². The molecule has 40 heavy (non-hydrogen) atoms. The number of alkyl carbamates (subject to hydrolysis) is 1. The Balaban J connectivity index is 1.74. The summed E-state index contributed by atoms with van der Waals surface area (Å²) in [4.78, 5) is 69.4. The van der Waals surface area contributed by atoms with Crippen LogP contribution in [0.3, 0.4) is 0 Å². The molecule has 2 aliphatic heterocycles. The summed E-state index contributed by atoms with van der Waals surface area (Å²) in [6, 6.07) is -2.48. The lowest BCUT2D eigenvalue weighted by Crippen LogP contribution is -2.55. The van der Waals surface area contributed by atoms with Crippen molar-refractivity contribution in [3.05, 3.63) is 12.3 Å². The van der Waals surface area contributed by atoms with Gasteiger partial charge in [0, 0.05) is 37.7 Å². The first-order valence-electron chi connectivity index (χ1n) is 13.7. The van der Waals surface area contributed by atoms with Gasteiger partial charge in [-0.3, -0.25) is 24.2 Å². The number of nitrogens with two attached hydrogens (primary N) is 2. The second-order valence-electron chi connectivity index (χ2n) is 12.3. The molecule has 3 fully saturated rings. The van der Waals surface area contributed by atoms with Gasteiger partial charge in [0.2, 0.25) is 23.6 Å². The number of nitrogens with one attached hydrogen (secondary N) is 3. The first-order valence-corrected chi connectivity index (χ1v) is 13.7. The Bertz CT molecular complexity index is 1070. The van der Waals surface area contributed by atoms with Gasteiger partial charge in [0.25, 0.3) is 0 Å². The van der Waals surface area contributed by atoms with E-state index in [4.69, 9.17) is 16.2 Å². The van der Waals surface area contributed by atoms with Gasteiger partial charge in [-0.1, -0.05) is 13.8 Å². The number of primary amides is 1. The van der Waals surface area contributed by atoms with Crippen molar-refractivity contribution in [2.75, 3.05) is 19.6 Å². The number of rotatable bonds is 11. The lowest BCUT2D eigenvalue weighted by molar-refractivity contribution is -0.137.